The van der Waals surface area contributed by atoms with E-state index in [4.69, 9.17) is 4.74 Å². The molecule has 4 rings (SSSR count). The van der Waals surface area contributed by atoms with E-state index in [0.29, 0.717) is 30.1 Å². The van der Waals surface area contributed by atoms with Crippen molar-refractivity contribution in [3.63, 3.8) is 0 Å². The highest BCUT2D eigenvalue weighted by Gasteiger charge is 2.39. The normalized spacial score (nSPS) is 23.5. The number of β-amino-alcohol motifs (C(OH)–C–C–N with tert-alkyl or cyclic N) is 1. The number of aromatic amines is 1. The predicted molar refractivity (Wildman–Crippen MR) is 90.4 cm³/mol. The zero-order valence-corrected chi connectivity index (χ0v) is 14.2. The summed E-state index contributed by atoms with van der Waals surface area (Å²) in [6, 6.07) is 5.62. The minimum atomic E-state index is -1.15. The van der Waals surface area contributed by atoms with Crippen molar-refractivity contribution in [1.29, 1.82) is 0 Å². The lowest BCUT2D eigenvalue weighted by molar-refractivity contribution is -0.0320. The van der Waals surface area contributed by atoms with Gasteiger partial charge in [-0.1, -0.05) is 0 Å². The van der Waals surface area contributed by atoms with Crippen molar-refractivity contribution >= 4 is 5.91 Å². The molecular weight excluding hydrogens is 320 g/mol. The van der Waals surface area contributed by atoms with Crippen LogP contribution < -0.4 is 4.74 Å². The van der Waals surface area contributed by atoms with Gasteiger partial charge in [-0.2, -0.15) is 15.4 Å². The number of likely N-dealkylation sites (tertiary alicyclic amines) is 1. The van der Waals surface area contributed by atoms with E-state index in [2.05, 4.69) is 15.4 Å². The minimum Gasteiger partial charge on any atom is -0.496 e. The summed E-state index contributed by atoms with van der Waals surface area (Å²) >= 11 is 0. The summed E-state index contributed by atoms with van der Waals surface area (Å²) in [6.45, 7) is 0.854. The van der Waals surface area contributed by atoms with E-state index in [1.54, 1.807) is 18.1 Å². The maximum atomic E-state index is 13.0. The van der Waals surface area contributed by atoms with Gasteiger partial charge in [-0.05, 0) is 55.4 Å². The van der Waals surface area contributed by atoms with Gasteiger partial charge in [-0.3, -0.25) is 4.79 Å². The number of hydrogen-bond acceptors (Lipinski definition) is 5. The Labute approximate surface area is 146 Å². The molecule has 1 unspecified atom stereocenters. The average molecular weight is 342 g/mol. The Morgan fingerprint density at radius 2 is 2.28 bits per heavy atom. The Kier molecular flexibility index (Phi) is 3.95. The summed E-state index contributed by atoms with van der Waals surface area (Å²) in [4.78, 5) is 14.7. The fourth-order valence-electron chi connectivity index (χ4n) is 3.61. The molecule has 1 aliphatic carbocycles. The number of aromatic nitrogens is 3. The van der Waals surface area contributed by atoms with E-state index in [-0.39, 0.29) is 12.5 Å². The lowest BCUT2D eigenvalue weighted by Crippen LogP contribution is -2.48. The molecule has 1 aromatic heterocycles. The maximum absolute atomic E-state index is 13.0. The Morgan fingerprint density at radius 3 is 2.96 bits per heavy atom. The van der Waals surface area contributed by atoms with E-state index < -0.39 is 5.60 Å². The van der Waals surface area contributed by atoms with Gasteiger partial charge in [-0.25, -0.2) is 0 Å². The van der Waals surface area contributed by atoms with Crippen molar-refractivity contribution in [2.24, 2.45) is 0 Å². The molecule has 25 heavy (non-hydrogen) atoms. The van der Waals surface area contributed by atoms with Crippen LogP contribution in [-0.2, 0) is 5.60 Å². The van der Waals surface area contributed by atoms with Crippen LogP contribution in [0.25, 0.3) is 0 Å². The van der Waals surface area contributed by atoms with Gasteiger partial charge in [0.1, 0.15) is 17.0 Å². The number of ether oxygens (including phenoxy) is 1. The van der Waals surface area contributed by atoms with Crippen LogP contribution in [-0.4, -0.2) is 51.5 Å². The van der Waals surface area contributed by atoms with Crippen molar-refractivity contribution in [3.05, 3.63) is 41.2 Å². The highest BCUT2D eigenvalue weighted by Crippen LogP contribution is 2.44. The van der Waals surface area contributed by atoms with Crippen LogP contribution in [0.5, 0.6) is 5.75 Å². The number of hydrogen-bond donors (Lipinski definition) is 2. The van der Waals surface area contributed by atoms with Crippen LogP contribution in [0.3, 0.4) is 0 Å². The number of nitrogens with zero attached hydrogens (tertiary/aromatic N) is 3. The van der Waals surface area contributed by atoms with E-state index in [1.807, 2.05) is 12.1 Å². The maximum Gasteiger partial charge on any atom is 0.253 e. The number of nitrogens with one attached hydrogen (secondary N) is 1. The van der Waals surface area contributed by atoms with Crippen molar-refractivity contribution in [1.82, 2.24) is 20.3 Å². The number of H-pyrrole nitrogens is 1. The van der Waals surface area contributed by atoms with Crippen LogP contribution in [0.1, 0.15) is 53.2 Å². The Balaban J connectivity index is 1.57. The Bertz CT molecular complexity index is 773. The molecule has 1 aromatic carbocycles. The van der Waals surface area contributed by atoms with Gasteiger partial charge in [0.05, 0.1) is 19.9 Å². The second-order valence-electron chi connectivity index (χ2n) is 6.95. The monoisotopic (exact) mass is 342 g/mol. The zero-order chi connectivity index (χ0) is 17.4. The molecule has 0 bridgehead atoms. The molecule has 1 saturated carbocycles. The van der Waals surface area contributed by atoms with Gasteiger partial charge in [-0.15, -0.1) is 0 Å². The number of carbonyl (C=O) groups is 1. The second kappa shape index (κ2) is 6.15. The van der Waals surface area contributed by atoms with E-state index >= 15 is 0 Å². The summed E-state index contributed by atoms with van der Waals surface area (Å²) in [7, 11) is 1.66. The number of rotatable bonds is 4. The number of methoxy groups -OCH3 is 1. The van der Waals surface area contributed by atoms with Crippen molar-refractivity contribution in [3.8, 4) is 5.75 Å². The minimum absolute atomic E-state index is 0.0637. The Morgan fingerprint density at radius 1 is 1.44 bits per heavy atom. The highest BCUT2D eigenvalue weighted by molar-refractivity contribution is 5.94. The summed E-state index contributed by atoms with van der Waals surface area (Å²) in [5.41, 5.74) is 1.09. The molecule has 2 heterocycles. The lowest BCUT2D eigenvalue weighted by Gasteiger charge is -2.38. The summed E-state index contributed by atoms with van der Waals surface area (Å²) in [6.07, 6.45) is 5.10. The molecule has 0 spiro atoms. The summed E-state index contributed by atoms with van der Waals surface area (Å²) in [5, 5.41) is 21.2. The molecule has 7 nitrogen and oxygen atoms in total. The van der Waals surface area contributed by atoms with Crippen LogP contribution in [0.2, 0.25) is 0 Å². The Hall–Kier alpha value is -2.41. The molecule has 1 aliphatic heterocycles. The molecule has 132 valence electrons. The van der Waals surface area contributed by atoms with Gasteiger partial charge in [0.25, 0.3) is 5.91 Å². The summed E-state index contributed by atoms with van der Waals surface area (Å²) < 4.78 is 5.43. The van der Waals surface area contributed by atoms with Crippen molar-refractivity contribution in [2.75, 3.05) is 20.2 Å². The first-order valence-corrected chi connectivity index (χ1v) is 8.66. The third-order valence-electron chi connectivity index (χ3n) is 5.14. The number of amides is 1. The standard InChI is InChI=1S/C18H22N4O3/c1-25-15-6-5-13(9-14(15)12-3-4-12)17(23)22-8-2-7-18(24,11-22)16-10-19-21-20-16/h5-6,9-10,12,24H,2-4,7-8,11H2,1H3,(H,19,20,21). The van der Waals surface area contributed by atoms with Crippen LogP contribution in [0.15, 0.2) is 24.4 Å². The molecule has 2 N–H and O–H groups in total. The molecule has 1 amide bonds. The van der Waals surface area contributed by atoms with Gasteiger partial charge in [0.15, 0.2) is 0 Å². The van der Waals surface area contributed by atoms with Gasteiger partial charge in [0.2, 0.25) is 0 Å². The molecular formula is C18H22N4O3. The van der Waals surface area contributed by atoms with Crippen molar-refractivity contribution < 1.29 is 14.6 Å². The molecule has 2 aliphatic rings. The van der Waals surface area contributed by atoms with E-state index in [0.717, 1.165) is 30.6 Å². The van der Waals surface area contributed by atoms with Gasteiger partial charge in [0, 0.05) is 12.1 Å². The third-order valence-corrected chi connectivity index (χ3v) is 5.14. The van der Waals surface area contributed by atoms with Gasteiger partial charge < -0.3 is 14.7 Å². The first-order chi connectivity index (χ1) is 12.1. The van der Waals surface area contributed by atoms with Gasteiger partial charge >= 0.3 is 0 Å². The molecule has 1 atom stereocenters. The number of benzene rings is 1. The molecule has 1 saturated heterocycles. The smallest absolute Gasteiger partial charge is 0.253 e. The fourth-order valence-corrected chi connectivity index (χ4v) is 3.61. The molecule has 0 radical (unpaired) electrons. The van der Waals surface area contributed by atoms with E-state index in [9.17, 15) is 9.90 Å². The zero-order valence-electron chi connectivity index (χ0n) is 14.2. The molecule has 2 aromatic rings. The fraction of sp³-hybridized carbons (Fsp3) is 0.500. The van der Waals surface area contributed by atoms with Crippen LogP contribution in [0, 0.1) is 0 Å². The van der Waals surface area contributed by atoms with Crippen LogP contribution in [0.4, 0.5) is 0 Å². The quantitative estimate of drug-likeness (QED) is 0.884. The predicted octanol–water partition coefficient (Wildman–Crippen LogP) is 1.81. The van der Waals surface area contributed by atoms with E-state index in [1.165, 1.54) is 6.20 Å². The third kappa shape index (κ3) is 3.00. The second-order valence-corrected chi connectivity index (χ2v) is 6.95. The molecule has 7 heteroatoms. The van der Waals surface area contributed by atoms with Crippen LogP contribution >= 0.6 is 0 Å². The highest BCUT2D eigenvalue weighted by atomic mass is 16.5. The number of carbonyl (C=O) groups excluding carboxylic acids is 1. The summed E-state index contributed by atoms with van der Waals surface area (Å²) in [5.74, 6) is 1.28. The molecule has 2 fully saturated rings. The first kappa shape index (κ1) is 16.1. The topological polar surface area (TPSA) is 91.3 Å². The first-order valence-electron chi connectivity index (χ1n) is 8.66. The lowest BCUT2D eigenvalue weighted by atomic mass is 9.89. The number of aliphatic hydroxyl groups is 1. The average Bonchev–Trinajstić information content (AvgIpc) is 3.33. The SMILES string of the molecule is COc1ccc(C(=O)N2CCCC(O)(c3cn[nH]n3)C2)cc1C1CC1. The number of piperidine rings is 1. The van der Waals surface area contributed by atoms with Crippen molar-refractivity contribution in [2.45, 2.75) is 37.2 Å². The largest absolute Gasteiger partial charge is 0.496 e.